The third-order valence-corrected chi connectivity index (χ3v) is 4.02. The van der Waals surface area contributed by atoms with Crippen molar-refractivity contribution >= 4 is 21.5 Å². The van der Waals surface area contributed by atoms with Crippen LogP contribution in [0.3, 0.4) is 0 Å². The van der Waals surface area contributed by atoms with Gasteiger partial charge in [0.05, 0.1) is 0 Å². The van der Waals surface area contributed by atoms with Gasteiger partial charge in [-0.05, 0) is 83.6 Å². The van der Waals surface area contributed by atoms with Crippen molar-refractivity contribution in [3.63, 3.8) is 0 Å². The first-order valence-electron chi connectivity index (χ1n) is 7.46. The van der Waals surface area contributed by atoms with Crippen LogP contribution in [0.1, 0.15) is 36.1 Å². The van der Waals surface area contributed by atoms with Crippen LogP contribution >= 0.6 is 0 Å². The molecule has 0 aliphatic carbocycles. The van der Waals surface area contributed by atoms with Gasteiger partial charge in [0.1, 0.15) is 0 Å². The lowest BCUT2D eigenvalue weighted by Gasteiger charge is -2.08. The molecule has 3 rings (SSSR count). The van der Waals surface area contributed by atoms with Gasteiger partial charge in [0.25, 0.3) is 0 Å². The smallest absolute Gasteiger partial charge is 0.0175 e. The summed E-state index contributed by atoms with van der Waals surface area (Å²) in [6.07, 6.45) is 0. The molecule has 0 bridgehead atoms. The van der Waals surface area contributed by atoms with Gasteiger partial charge < -0.3 is 0 Å². The molecule has 20 heavy (non-hydrogen) atoms. The van der Waals surface area contributed by atoms with E-state index >= 15 is 0 Å². The van der Waals surface area contributed by atoms with Crippen LogP contribution in [0.15, 0.2) is 36.4 Å². The molecular formula is C20H24. The van der Waals surface area contributed by atoms with Crippen LogP contribution in [0.2, 0.25) is 0 Å². The second kappa shape index (κ2) is 5.66. The number of aryl methyl sites for hydroxylation is 4. The minimum absolute atomic E-state index is 1.34. The van der Waals surface area contributed by atoms with Crippen LogP contribution in [0.5, 0.6) is 0 Å². The summed E-state index contributed by atoms with van der Waals surface area (Å²) >= 11 is 0. The third kappa shape index (κ3) is 2.56. The van der Waals surface area contributed by atoms with Crippen molar-refractivity contribution in [1.82, 2.24) is 0 Å². The molecule has 0 aliphatic rings. The van der Waals surface area contributed by atoms with E-state index in [9.17, 15) is 0 Å². The van der Waals surface area contributed by atoms with E-state index in [1.807, 2.05) is 13.8 Å². The van der Waals surface area contributed by atoms with E-state index < -0.39 is 0 Å². The fraction of sp³-hybridized carbons (Fsp3) is 0.300. The molecule has 0 spiro atoms. The SMILES string of the molecule is CC.Cc1cc2cc3cc(C)c(C)cc3cc2cc1C. The Hall–Kier alpha value is -1.82. The van der Waals surface area contributed by atoms with E-state index in [4.69, 9.17) is 0 Å². The highest BCUT2D eigenvalue weighted by atomic mass is 14.1. The highest BCUT2D eigenvalue weighted by Gasteiger charge is 2.02. The predicted octanol–water partition coefficient (Wildman–Crippen LogP) is 6.25. The summed E-state index contributed by atoms with van der Waals surface area (Å²) in [7, 11) is 0. The summed E-state index contributed by atoms with van der Waals surface area (Å²) in [6.45, 7) is 12.7. The molecule has 0 aliphatic heterocycles. The molecule has 0 radical (unpaired) electrons. The van der Waals surface area contributed by atoms with Crippen molar-refractivity contribution < 1.29 is 0 Å². The van der Waals surface area contributed by atoms with E-state index in [1.165, 1.54) is 43.8 Å². The van der Waals surface area contributed by atoms with E-state index in [0.29, 0.717) is 0 Å². The molecular weight excluding hydrogens is 240 g/mol. The summed E-state index contributed by atoms with van der Waals surface area (Å²) in [5, 5.41) is 5.37. The van der Waals surface area contributed by atoms with Crippen molar-refractivity contribution in [3.8, 4) is 0 Å². The third-order valence-electron chi connectivity index (χ3n) is 4.02. The Morgan fingerprint density at radius 2 is 0.600 bits per heavy atom. The average molecular weight is 264 g/mol. The number of hydrogen-bond donors (Lipinski definition) is 0. The molecule has 0 N–H and O–H groups in total. The maximum atomic E-state index is 2.31. The van der Waals surface area contributed by atoms with E-state index in [-0.39, 0.29) is 0 Å². The minimum Gasteiger partial charge on any atom is -0.0683 e. The molecule has 104 valence electrons. The number of fused-ring (bicyclic) bond motifs is 2. The Balaban J connectivity index is 0.000000704. The second-order valence-electron chi connectivity index (χ2n) is 5.42. The normalized spacial score (nSPS) is 10.5. The van der Waals surface area contributed by atoms with Gasteiger partial charge in [0, 0.05) is 0 Å². The molecule has 3 aromatic carbocycles. The zero-order valence-electron chi connectivity index (χ0n) is 13.5. The highest BCUT2D eigenvalue weighted by Crippen LogP contribution is 2.27. The van der Waals surface area contributed by atoms with Gasteiger partial charge in [-0.25, -0.2) is 0 Å². The molecule has 3 aromatic rings. The van der Waals surface area contributed by atoms with Crippen LogP contribution in [-0.4, -0.2) is 0 Å². The zero-order chi connectivity index (χ0) is 14.9. The van der Waals surface area contributed by atoms with Gasteiger partial charge in [0.15, 0.2) is 0 Å². The fourth-order valence-electron chi connectivity index (χ4n) is 2.56. The maximum Gasteiger partial charge on any atom is -0.0175 e. The number of benzene rings is 3. The first kappa shape index (κ1) is 14.6. The molecule has 0 nitrogen and oxygen atoms in total. The summed E-state index contributed by atoms with van der Waals surface area (Å²) in [6, 6.07) is 13.8. The Bertz CT molecular complexity index is 635. The van der Waals surface area contributed by atoms with Crippen molar-refractivity contribution in [2.24, 2.45) is 0 Å². The maximum absolute atomic E-state index is 2.31. The molecule has 0 heteroatoms. The lowest BCUT2D eigenvalue weighted by molar-refractivity contribution is 1.36. The summed E-state index contributed by atoms with van der Waals surface area (Å²) in [4.78, 5) is 0. The minimum atomic E-state index is 1.34. The Morgan fingerprint density at radius 1 is 0.400 bits per heavy atom. The van der Waals surface area contributed by atoms with Crippen molar-refractivity contribution in [1.29, 1.82) is 0 Å². The van der Waals surface area contributed by atoms with Crippen LogP contribution in [0.4, 0.5) is 0 Å². The first-order chi connectivity index (χ1) is 9.54. The molecule has 0 saturated heterocycles. The summed E-state index contributed by atoms with van der Waals surface area (Å²) in [5.41, 5.74) is 5.47. The van der Waals surface area contributed by atoms with E-state index in [2.05, 4.69) is 64.1 Å². The quantitative estimate of drug-likeness (QED) is 0.421. The van der Waals surface area contributed by atoms with Gasteiger partial charge in [-0.1, -0.05) is 38.1 Å². The molecule has 0 atom stereocenters. The fourth-order valence-corrected chi connectivity index (χ4v) is 2.56. The lowest BCUT2D eigenvalue weighted by atomic mass is 9.96. The monoisotopic (exact) mass is 264 g/mol. The number of hydrogen-bond acceptors (Lipinski definition) is 0. The molecule has 0 unspecified atom stereocenters. The van der Waals surface area contributed by atoms with E-state index in [1.54, 1.807) is 0 Å². The van der Waals surface area contributed by atoms with Crippen molar-refractivity contribution in [2.45, 2.75) is 41.5 Å². The van der Waals surface area contributed by atoms with E-state index in [0.717, 1.165) is 0 Å². The number of rotatable bonds is 0. The Morgan fingerprint density at radius 3 is 0.800 bits per heavy atom. The topological polar surface area (TPSA) is 0 Å². The summed E-state index contributed by atoms with van der Waals surface area (Å²) < 4.78 is 0. The van der Waals surface area contributed by atoms with Crippen molar-refractivity contribution in [3.05, 3.63) is 58.7 Å². The van der Waals surface area contributed by atoms with Crippen LogP contribution < -0.4 is 0 Å². The molecule has 0 saturated carbocycles. The van der Waals surface area contributed by atoms with Gasteiger partial charge in [-0.3, -0.25) is 0 Å². The van der Waals surface area contributed by atoms with Crippen molar-refractivity contribution in [2.75, 3.05) is 0 Å². The second-order valence-corrected chi connectivity index (χ2v) is 5.42. The van der Waals surface area contributed by atoms with Crippen LogP contribution in [0.25, 0.3) is 21.5 Å². The Kier molecular flexibility index (Phi) is 4.13. The van der Waals surface area contributed by atoms with Gasteiger partial charge in [0.2, 0.25) is 0 Å². The zero-order valence-corrected chi connectivity index (χ0v) is 13.5. The van der Waals surface area contributed by atoms with Crippen LogP contribution in [-0.2, 0) is 0 Å². The standard InChI is InChI=1S/C18H18.C2H6/c1-11-5-15-9-17-7-13(3)14(4)8-18(17)10-16(15)6-12(11)2;1-2/h5-10H,1-4H3;1-2H3. The molecule has 0 aromatic heterocycles. The predicted molar refractivity (Wildman–Crippen MR) is 91.8 cm³/mol. The molecule has 0 fully saturated rings. The largest absolute Gasteiger partial charge is 0.0683 e. The lowest BCUT2D eigenvalue weighted by Crippen LogP contribution is -1.85. The molecule has 0 amide bonds. The molecule has 0 heterocycles. The summed E-state index contributed by atoms with van der Waals surface area (Å²) in [5.74, 6) is 0. The van der Waals surface area contributed by atoms with Gasteiger partial charge in [-0.15, -0.1) is 0 Å². The Labute approximate surface area is 122 Å². The highest BCUT2D eigenvalue weighted by molar-refractivity contribution is 5.99. The first-order valence-corrected chi connectivity index (χ1v) is 7.46. The van der Waals surface area contributed by atoms with Crippen LogP contribution in [0, 0.1) is 27.7 Å². The van der Waals surface area contributed by atoms with Gasteiger partial charge in [-0.2, -0.15) is 0 Å². The van der Waals surface area contributed by atoms with Gasteiger partial charge >= 0.3 is 0 Å². The average Bonchev–Trinajstić information content (AvgIpc) is 2.42.